The van der Waals surface area contributed by atoms with Gasteiger partial charge in [-0.15, -0.1) is 10.2 Å². The van der Waals surface area contributed by atoms with Gasteiger partial charge in [0.05, 0.1) is 22.9 Å². The Hall–Kier alpha value is -3.52. The van der Waals surface area contributed by atoms with E-state index in [0.29, 0.717) is 23.2 Å². The summed E-state index contributed by atoms with van der Waals surface area (Å²) in [6, 6.07) is 12.4. The van der Waals surface area contributed by atoms with Crippen LogP contribution in [0.1, 0.15) is 73.4 Å². The van der Waals surface area contributed by atoms with Gasteiger partial charge in [0.1, 0.15) is 17.8 Å². The average molecular weight is 498 g/mol. The highest BCUT2D eigenvalue weighted by atomic mass is 16.1. The first kappa shape index (κ1) is 23.9. The van der Waals surface area contributed by atoms with Crippen molar-refractivity contribution in [3.05, 3.63) is 77.8 Å². The summed E-state index contributed by atoms with van der Waals surface area (Å²) >= 11 is 0. The third kappa shape index (κ3) is 4.23. The first-order valence-electron chi connectivity index (χ1n) is 13.4. The smallest absolute Gasteiger partial charge is 0.259 e. The van der Waals surface area contributed by atoms with E-state index in [2.05, 4.69) is 51.8 Å². The lowest BCUT2D eigenvalue weighted by molar-refractivity contribution is 0.102. The first-order valence-corrected chi connectivity index (χ1v) is 13.4. The average Bonchev–Trinajstić information content (AvgIpc) is 3.45. The Morgan fingerprint density at radius 2 is 2.05 bits per heavy atom. The van der Waals surface area contributed by atoms with Crippen molar-refractivity contribution in [2.24, 2.45) is 18.9 Å². The second-order valence-corrected chi connectivity index (χ2v) is 11.1. The second-order valence-electron chi connectivity index (χ2n) is 11.1. The summed E-state index contributed by atoms with van der Waals surface area (Å²) in [6.07, 6.45) is 11.6. The van der Waals surface area contributed by atoms with Crippen LogP contribution in [0.5, 0.6) is 0 Å². The molecule has 1 atom stereocenters. The Bertz CT molecular complexity index is 1430. The molecule has 37 heavy (non-hydrogen) atoms. The van der Waals surface area contributed by atoms with Crippen molar-refractivity contribution >= 4 is 17.2 Å². The number of benzene rings is 1. The van der Waals surface area contributed by atoms with Gasteiger partial charge < -0.3 is 19.6 Å². The summed E-state index contributed by atoms with van der Waals surface area (Å²) < 4.78 is 4.03. The normalized spacial score (nSPS) is 22.4. The van der Waals surface area contributed by atoms with Gasteiger partial charge in [-0.1, -0.05) is 25.5 Å². The highest BCUT2D eigenvalue weighted by Crippen LogP contribution is 2.51. The molecule has 0 radical (unpaired) electrons. The quantitative estimate of drug-likeness (QED) is 0.368. The minimum Gasteiger partial charge on any atom is -0.322 e. The predicted molar refractivity (Wildman–Crippen MR) is 143 cm³/mol. The number of nitrogens with one attached hydrogen (secondary N) is 2. The van der Waals surface area contributed by atoms with Gasteiger partial charge in [0.15, 0.2) is 0 Å². The molecule has 0 bridgehead atoms. The third-order valence-corrected chi connectivity index (χ3v) is 8.53. The van der Waals surface area contributed by atoms with Crippen molar-refractivity contribution in [1.29, 1.82) is 0 Å². The molecule has 1 aromatic carbocycles. The molecule has 0 saturated heterocycles. The van der Waals surface area contributed by atoms with Gasteiger partial charge in [0, 0.05) is 31.5 Å². The van der Waals surface area contributed by atoms with Gasteiger partial charge in [-0.25, -0.2) is 4.98 Å². The molecule has 2 saturated carbocycles. The van der Waals surface area contributed by atoms with Crippen LogP contribution in [0.25, 0.3) is 5.65 Å². The standard InChI is InChI=1S/C29H35N7O/c1-19-14-29(15-19,28-34-32-18-35(28)3)22-9-5-10-23(13-22)33-27(37)25-11-6-12-36-24(17-31-26(25)36)16-30-20(2)21-7-4-8-21/h5-6,9-13,17-21,30H,4,7-8,14-16H2,1-3H3,(H,33,37)/t19?,20-,29?/m0/s1. The molecule has 2 aliphatic rings. The van der Waals surface area contributed by atoms with Crippen LogP contribution in [0, 0.1) is 11.8 Å². The number of anilines is 1. The number of fused-ring (bicyclic) bond motifs is 1. The predicted octanol–water partition coefficient (Wildman–Crippen LogP) is 4.71. The molecule has 1 amide bonds. The van der Waals surface area contributed by atoms with Crippen LogP contribution in [0.4, 0.5) is 5.69 Å². The molecular formula is C29H35N7O. The zero-order valence-electron chi connectivity index (χ0n) is 21.8. The highest BCUT2D eigenvalue weighted by molar-refractivity contribution is 6.08. The van der Waals surface area contributed by atoms with E-state index in [-0.39, 0.29) is 11.3 Å². The van der Waals surface area contributed by atoms with Gasteiger partial charge in [-0.2, -0.15) is 0 Å². The Morgan fingerprint density at radius 3 is 2.76 bits per heavy atom. The molecule has 0 spiro atoms. The summed E-state index contributed by atoms with van der Waals surface area (Å²) in [5.41, 5.74) is 4.05. The van der Waals surface area contributed by atoms with Gasteiger partial charge in [0.25, 0.3) is 5.91 Å². The van der Waals surface area contributed by atoms with Crippen LogP contribution in [0.3, 0.4) is 0 Å². The molecule has 192 valence electrons. The van der Waals surface area contributed by atoms with Crippen molar-refractivity contribution in [1.82, 2.24) is 29.5 Å². The second kappa shape index (κ2) is 9.41. The molecule has 3 heterocycles. The number of hydrogen-bond acceptors (Lipinski definition) is 5. The van der Waals surface area contributed by atoms with Gasteiger partial charge >= 0.3 is 0 Å². The Labute approximate surface area is 217 Å². The number of carbonyl (C=O) groups excluding carboxylic acids is 1. The van der Waals surface area contributed by atoms with E-state index in [1.807, 2.05) is 52.7 Å². The summed E-state index contributed by atoms with van der Waals surface area (Å²) in [4.78, 5) is 18.0. The number of imidazole rings is 1. The van der Waals surface area contributed by atoms with E-state index in [1.54, 1.807) is 6.33 Å². The number of aryl methyl sites for hydroxylation is 1. The van der Waals surface area contributed by atoms with Crippen LogP contribution >= 0.6 is 0 Å². The Balaban J connectivity index is 1.22. The zero-order valence-corrected chi connectivity index (χ0v) is 21.8. The van der Waals surface area contributed by atoms with Gasteiger partial charge in [-0.05, 0) is 74.3 Å². The number of carbonyl (C=O) groups is 1. The highest BCUT2D eigenvalue weighted by Gasteiger charge is 2.48. The summed E-state index contributed by atoms with van der Waals surface area (Å²) in [6.45, 7) is 5.26. The zero-order chi connectivity index (χ0) is 25.6. The third-order valence-electron chi connectivity index (χ3n) is 8.53. The first-order chi connectivity index (χ1) is 17.9. The van der Waals surface area contributed by atoms with Crippen molar-refractivity contribution in [3.63, 3.8) is 0 Å². The SMILES string of the molecule is CC1CC(c2cccc(NC(=O)c3cccn4c(CN[C@@H](C)C5CCC5)cnc34)c2)(c2nncn2C)C1. The molecule has 3 aromatic heterocycles. The molecule has 2 aliphatic carbocycles. The monoisotopic (exact) mass is 497 g/mol. The largest absolute Gasteiger partial charge is 0.322 e. The number of pyridine rings is 1. The van der Waals surface area contributed by atoms with Crippen molar-refractivity contribution in [3.8, 4) is 0 Å². The maximum Gasteiger partial charge on any atom is 0.259 e. The lowest BCUT2D eigenvalue weighted by Gasteiger charge is -2.46. The fraction of sp³-hybridized carbons (Fsp3) is 0.448. The van der Waals surface area contributed by atoms with Crippen molar-refractivity contribution in [2.75, 3.05) is 5.32 Å². The van der Waals surface area contributed by atoms with E-state index >= 15 is 0 Å². The molecule has 2 fully saturated rings. The van der Waals surface area contributed by atoms with E-state index in [1.165, 1.54) is 19.3 Å². The van der Waals surface area contributed by atoms with Crippen LogP contribution in [-0.4, -0.2) is 36.1 Å². The fourth-order valence-electron chi connectivity index (χ4n) is 6.23. The molecular weight excluding hydrogens is 462 g/mol. The summed E-state index contributed by atoms with van der Waals surface area (Å²) in [5.74, 6) is 2.20. The van der Waals surface area contributed by atoms with E-state index in [0.717, 1.165) is 48.1 Å². The molecule has 8 nitrogen and oxygen atoms in total. The number of aromatic nitrogens is 5. The molecule has 4 aromatic rings. The van der Waals surface area contributed by atoms with Crippen LogP contribution in [0.15, 0.2) is 55.1 Å². The van der Waals surface area contributed by atoms with E-state index < -0.39 is 0 Å². The minimum absolute atomic E-state index is 0.162. The number of rotatable bonds is 8. The van der Waals surface area contributed by atoms with Crippen LogP contribution < -0.4 is 10.6 Å². The molecule has 0 aliphatic heterocycles. The number of amides is 1. The van der Waals surface area contributed by atoms with E-state index in [9.17, 15) is 4.79 Å². The number of hydrogen-bond donors (Lipinski definition) is 2. The lowest BCUT2D eigenvalue weighted by Crippen LogP contribution is -2.43. The van der Waals surface area contributed by atoms with Gasteiger partial charge in [0.2, 0.25) is 0 Å². The van der Waals surface area contributed by atoms with Gasteiger partial charge in [-0.3, -0.25) is 4.79 Å². The molecule has 2 N–H and O–H groups in total. The molecule has 0 unspecified atom stereocenters. The topological polar surface area (TPSA) is 89.1 Å². The fourth-order valence-corrected chi connectivity index (χ4v) is 6.23. The molecule has 8 heteroatoms. The number of nitrogens with zero attached hydrogens (tertiary/aromatic N) is 5. The Morgan fingerprint density at radius 1 is 1.22 bits per heavy atom. The van der Waals surface area contributed by atoms with Crippen molar-refractivity contribution in [2.45, 2.75) is 64.0 Å². The van der Waals surface area contributed by atoms with Crippen LogP contribution in [-0.2, 0) is 19.0 Å². The summed E-state index contributed by atoms with van der Waals surface area (Å²) in [5, 5.41) is 15.3. The maximum atomic E-state index is 13.4. The van der Waals surface area contributed by atoms with Crippen LogP contribution in [0.2, 0.25) is 0 Å². The Kier molecular flexibility index (Phi) is 6.07. The van der Waals surface area contributed by atoms with E-state index in [4.69, 9.17) is 0 Å². The summed E-state index contributed by atoms with van der Waals surface area (Å²) in [7, 11) is 1.99. The van der Waals surface area contributed by atoms with Crippen molar-refractivity contribution < 1.29 is 4.79 Å². The molecule has 6 rings (SSSR count). The minimum atomic E-state index is -0.174. The lowest BCUT2D eigenvalue weighted by atomic mass is 9.58. The maximum absolute atomic E-state index is 13.4.